The Bertz CT molecular complexity index is 900. The lowest BCUT2D eigenvalue weighted by Gasteiger charge is -2.22. The van der Waals surface area contributed by atoms with Crippen molar-refractivity contribution in [1.29, 1.82) is 0 Å². The molecule has 1 unspecified atom stereocenters. The summed E-state index contributed by atoms with van der Waals surface area (Å²) >= 11 is 0. The van der Waals surface area contributed by atoms with Crippen molar-refractivity contribution >= 4 is 0 Å². The summed E-state index contributed by atoms with van der Waals surface area (Å²) in [6.45, 7) is 0.687. The van der Waals surface area contributed by atoms with Gasteiger partial charge in [-0.2, -0.15) is 13.2 Å². The molecule has 4 nitrogen and oxygen atoms in total. The van der Waals surface area contributed by atoms with E-state index in [4.69, 9.17) is 9.15 Å². The predicted molar refractivity (Wildman–Crippen MR) is 87.3 cm³/mol. The van der Waals surface area contributed by atoms with Gasteiger partial charge in [0.1, 0.15) is 6.10 Å². The van der Waals surface area contributed by atoms with Crippen molar-refractivity contribution in [2.75, 3.05) is 6.61 Å². The lowest BCUT2D eigenvalue weighted by atomic mass is 9.99. The SMILES string of the molecule is FC(F)(F)c1ccc(Cc2ccccc2-c2nnc(C3CCO3)o2)cc1. The first-order valence-corrected chi connectivity index (χ1v) is 8.20. The molecule has 0 amide bonds. The standard InChI is InChI=1S/C19H15F3N2O2/c20-19(21,22)14-7-5-12(6-8-14)11-13-3-1-2-4-15(13)17-23-24-18(26-17)16-9-10-25-16/h1-8,16H,9-11H2. The molecule has 1 saturated heterocycles. The van der Waals surface area contributed by atoms with Crippen molar-refractivity contribution in [2.24, 2.45) is 0 Å². The largest absolute Gasteiger partial charge is 0.418 e. The van der Waals surface area contributed by atoms with Gasteiger partial charge < -0.3 is 9.15 Å². The monoisotopic (exact) mass is 360 g/mol. The van der Waals surface area contributed by atoms with Gasteiger partial charge in [-0.3, -0.25) is 0 Å². The van der Waals surface area contributed by atoms with Crippen LogP contribution >= 0.6 is 0 Å². The lowest BCUT2D eigenvalue weighted by Crippen LogP contribution is -2.18. The van der Waals surface area contributed by atoms with Crippen LogP contribution in [0.1, 0.15) is 35.1 Å². The summed E-state index contributed by atoms with van der Waals surface area (Å²) in [5.74, 6) is 0.841. The fraction of sp³-hybridized carbons (Fsp3) is 0.263. The van der Waals surface area contributed by atoms with Crippen LogP contribution in [0.4, 0.5) is 13.2 Å². The molecule has 0 N–H and O–H groups in total. The summed E-state index contributed by atoms with van der Waals surface area (Å²) in [6, 6.07) is 12.6. The molecule has 7 heteroatoms. The Balaban J connectivity index is 1.59. The van der Waals surface area contributed by atoms with Crippen LogP contribution in [-0.2, 0) is 17.3 Å². The molecule has 3 aromatic rings. The zero-order chi connectivity index (χ0) is 18.1. The summed E-state index contributed by atoms with van der Waals surface area (Å²) in [5.41, 5.74) is 1.78. The third kappa shape index (κ3) is 3.35. The molecule has 0 saturated carbocycles. The second kappa shape index (κ2) is 6.57. The zero-order valence-corrected chi connectivity index (χ0v) is 13.7. The highest BCUT2D eigenvalue weighted by atomic mass is 19.4. The maximum atomic E-state index is 12.7. The molecule has 0 aliphatic carbocycles. The van der Waals surface area contributed by atoms with Gasteiger partial charge in [0.05, 0.1) is 12.2 Å². The highest BCUT2D eigenvalue weighted by Crippen LogP contribution is 2.32. The Kier molecular flexibility index (Phi) is 4.24. The molecular formula is C19H15F3N2O2. The topological polar surface area (TPSA) is 48.2 Å². The Morgan fingerprint density at radius 1 is 1.00 bits per heavy atom. The van der Waals surface area contributed by atoms with E-state index in [2.05, 4.69) is 10.2 Å². The van der Waals surface area contributed by atoms with Crippen LogP contribution in [0.25, 0.3) is 11.5 Å². The van der Waals surface area contributed by atoms with E-state index in [-0.39, 0.29) is 6.10 Å². The normalized spacial score (nSPS) is 17.1. The number of rotatable bonds is 4. The molecule has 26 heavy (non-hydrogen) atoms. The quantitative estimate of drug-likeness (QED) is 0.670. The number of hydrogen-bond donors (Lipinski definition) is 0. The summed E-state index contributed by atoms with van der Waals surface area (Å²) in [5, 5.41) is 8.13. The number of alkyl halides is 3. The number of halogens is 3. The van der Waals surface area contributed by atoms with E-state index in [0.29, 0.717) is 24.8 Å². The number of aromatic nitrogens is 2. The van der Waals surface area contributed by atoms with Gasteiger partial charge in [0.25, 0.3) is 0 Å². The molecule has 134 valence electrons. The molecule has 2 aromatic carbocycles. The van der Waals surface area contributed by atoms with Gasteiger partial charge in [0, 0.05) is 12.0 Å². The number of hydrogen-bond acceptors (Lipinski definition) is 4. The van der Waals surface area contributed by atoms with E-state index in [0.717, 1.165) is 35.2 Å². The van der Waals surface area contributed by atoms with Crippen LogP contribution in [0.3, 0.4) is 0 Å². The van der Waals surface area contributed by atoms with Gasteiger partial charge in [-0.25, -0.2) is 0 Å². The van der Waals surface area contributed by atoms with Gasteiger partial charge in [-0.05, 0) is 35.7 Å². The van der Waals surface area contributed by atoms with Crippen LogP contribution in [0.2, 0.25) is 0 Å². The third-order valence-corrected chi connectivity index (χ3v) is 4.34. The van der Waals surface area contributed by atoms with Gasteiger partial charge in [-0.15, -0.1) is 10.2 Å². The molecular weight excluding hydrogens is 345 g/mol. The van der Waals surface area contributed by atoms with Gasteiger partial charge >= 0.3 is 6.18 Å². The van der Waals surface area contributed by atoms with E-state index in [9.17, 15) is 13.2 Å². The zero-order valence-electron chi connectivity index (χ0n) is 13.7. The van der Waals surface area contributed by atoms with E-state index < -0.39 is 11.7 Å². The molecule has 1 fully saturated rings. The van der Waals surface area contributed by atoms with E-state index in [1.165, 1.54) is 12.1 Å². The maximum absolute atomic E-state index is 12.7. The summed E-state index contributed by atoms with van der Waals surface area (Å²) in [6.07, 6.45) is -3.15. The Morgan fingerprint density at radius 3 is 2.38 bits per heavy atom. The molecule has 2 heterocycles. The van der Waals surface area contributed by atoms with E-state index >= 15 is 0 Å². The van der Waals surface area contributed by atoms with E-state index in [1.807, 2.05) is 24.3 Å². The Morgan fingerprint density at radius 2 is 1.73 bits per heavy atom. The van der Waals surface area contributed by atoms with Gasteiger partial charge in [0.2, 0.25) is 11.8 Å². The predicted octanol–water partition coefficient (Wildman–Crippen LogP) is 4.81. The first-order valence-electron chi connectivity index (χ1n) is 8.20. The van der Waals surface area contributed by atoms with Crippen molar-refractivity contribution in [3.63, 3.8) is 0 Å². The van der Waals surface area contributed by atoms with Crippen LogP contribution < -0.4 is 0 Å². The fourth-order valence-corrected chi connectivity index (χ4v) is 2.82. The Labute approximate surface area is 147 Å². The van der Waals surface area contributed by atoms with Crippen molar-refractivity contribution < 1.29 is 22.3 Å². The number of nitrogens with zero attached hydrogens (tertiary/aromatic N) is 2. The molecule has 0 radical (unpaired) electrons. The molecule has 4 rings (SSSR count). The second-order valence-electron chi connectivity index (χ2n) is 6.12. The first kappa shape index (κ1) is 16.8. The van der Waals surface area contributed by atoms with Gasteiger partial charge in [0.15, 0.2) is 0 Å². The van der Waals surface area contributed by atoms with Crippen LogP contribution in [-0.4, -0.2) is 16.8 Å². The third-order valence-electron chi connectivity index (χ3n) is 4.34. The number of benzene rings is 2. The van der Waals surface area contributed by atoms with Crippen LogP contribution in [0.15, 0.2) is 52.9 Å². The highest BCUT2D eigenvalue weighted by Gasteiger charge is 2.30. The summed E-state index contributed by atoms with van der Waals surface area (Å²) in [7, 11) is 0. The average molecular weight is 360 g/mol. The van der Waals surface area contributed by atoms with Crippen LogP contribution in [0, 0.1) is 0 Å². The van der Waals surface area contributed by atoms with Gasteiger partial charge in [-0.1, -0.05) is 30.3 Å². The smallest absolute Gasteiger partial charge is 0.416 e. The maximum Gasteiger partial charge on any atom is 0.416 e. The molecule has 1 aromatic heterocycles. The lowest BCUT2D eigenvalue weighted by molar-refractivity contribution is -0.137. The molecule has 1 aliphatic heterocycles. The molecule has 1 atom stereocenters. The minimum atomic E-state index is -4.33. The molecule has 1 aliphatic rings. The van der Waals surface area contributed by atoms with Crippen molar-refractivity contribution in [1.82, 2.24) is 10.2 Å². The molecule has 0 bridgehead atoms. The van der Waals surface area contributed by atoms with Crippen molar-refractivity contribution in [3.05, 3.63) is 71.1 Å². The minimum Gasteiger partial charge on any atom is -0.418 e. The van der Waals surface area contributed by atoms with Crippen molar-refractivity contribution in [3.8, 4) is 11.5 Å². The van der Waals surface area contributed by atoms with E-state index in [1.54, 1.807) is 0 Å². The summed E-state index contributed by atoms with van der Waals surface area (Å²) in [4.78, 5) is 0. The minimum absolute atomic E-state index is 0.140. The fourth-order valence-electron chi connectivity index (χ4n) is 2.82. The second-order valence-corrected chi connectivity index (χ2v) is 6.12. The highest BCUT2D eigenvalue weighted by molar-refractivity contribution is 5.59. The van der Waals surface area contributed by atoms with Crippen molar-refractivity contribution in [2.45, 2.75) is 25.1 Å². The first-order chi connectivity index (χ1) is 12.5. The van der Waals surface area contributed by atoms with Crippen LogP contribution in [0.5, 0.6) is 0 Å². The summed E-state index contributed by atoms with van der Waals surface area (Å²) < 4.78 is 49.1. The average Bonchev–Trinajstić information content (AvgIpc) is 3.02. The Hall–Kier alpha value is -2.67. The molecule has 0 spiro atoms. The number of ether oxygens (including phenoxy) is 1.